The molecule has 0 N–H and O–H groups in total. The van der Waals surface area contributed by atoms with Crippen LogP contribution in [0.25, 0.3) is 0 Å². The quantitative estimate of drug-likeness (QED) is 0.432. The van der Waals surface area contributed by atoms with E-state index in [1.165, 1.54) is 12.8 Å². The summed E-state index contributed by atoms with van der Waals surface area (Å²) in [5.74, 6) is 0.828. The second-order valence-electron chi connectivity index (χ2n) is 3.63. The van der Waals surface area contributed by atoms with Crippen molar-refractivity contribution >= 4 is 0 Å². The largest absolute Gasteiger partial charge is 0.313 e. The van der Waals surface area contributed by atoms with Gasteiger partial charge in [0.05, 0.1) is 20.1 Å². The summed E-state index contributed by atoms with van der Waals surface area (Å²) in [5, 5.41) is 0. The van der Waals surface area contributed by atoms with Crippen molar-refractivity contribution in [2.75, 3.05) is 20.1 Å². The molecule has 0 aliphatic carbocycles. The average molecular weight is 126 g/mol. The molecule has 1 aliphatic rings. The molecule has 1 saturated heterocycles. The number of rotatable bonds is 0. The van der Waals surface area contributed by atoms with Crippen LogP contribution in [0.15, 0.2) is 0 Å². The Morgan fingerprint density at radius 3 is 2.56 bits per heavy atom. The highest BCUT2D eigenvalue weighted by atomic mass is 15.3. The molecule has 0 amide bonds. The summed E-state index contributed by atoms with van der Waals surface area (Å²) in [6.07, 6.45) is 2.67. The molecule has 0 aromatic carbocycles. The number of quaternary nitrogens is 1. The zero-order valence-electron chi connectivity index (χ0n) is 6.43. The van der Waals surface area contributed by atoms with Crippen LogP contribution in [0.5, 0.6) is 0 Å². The lowest BCUT2D eigenvalue weighted by molar-refractivity contribution is -0.874. The molecule has 0 aromatic rings. The van der Waals surface area contributed by atoms with Crippen molar-refractivity contribution in [2.45, 2.75) is 19.8 Å². The minimum Gasteiger partial charge on any atom is -0.313 e. The van der Waals surface area contributed by atoms with Crippen molar-refractivity contribution in [2.24, 2.45) is 5.92 Å². The van der Waals surface area contributed by atoms with Gasteiger partial charge >= 0.3 is 0 Å². The maximum Gasteiger partial charge on any atom is 0.206 e. The highest BCUT2D eigenvalue weighted by molar-refractivity contribution is 4.58. The van der Waals surface area contributed by atoms with E-state index in [0.717, 1.165) is 23.5 Å². The third kappa shape index (κ3) is 1.98. The van der Waals surface area contributed by atoms with Crippen LogP contribution in [0.3, 0.4) is 0 Å². The molecule has 0 aromatic heterocycles. The zero-order chi connectivity index (χ0) is 6.91. The third-order valence-electron chi connectivity index (χ3n) is 2.09. The highest BCUT2D eigenvalue weighted by Gasteiger charge is 2.24. The average Bonchev–Trinajstić information content (AvgIpc) is 1.60. The minimum atomic E-state index is 0.737. The van der Waals surface area contributed by atoms with Crippen LogP contribution >= 0.6 is 0 Å². The second-order valence-corrected chi connectivity index (χ2v) is 3.63. The summed E-state index contributed by atoms with van der Waals surface area (Å²) in [7, 11) is 8.01. The van der Waals surface area contributed by atoms with Gasteiger partial charge in [-0.3, -0.25) is 0 Å². The third-order valence-corrected chi connectivity index (χ3v) is 2.09. The van der Waals surface area contributed by atoms with Gasteiger partial charge in [0.2, 0.25) is 7.05 Å². The summed E-state index contributed by atoms with van der Waals surface area (Å²) in [4.78, 5) is 0. The van der Waals surface area contributed by atoms with Gasteiger partial charge in [0, 0.05) is 5.92 Å². The van der Waals surface area contributed by atoms with Gasteiger partial charge in [0.15, 0.2) is 0 Å². The number of likely N-dealkylation sites (tertiary alicyclic amines) is 1. The van der Waals surface area contributed by atoms with Crippen LogP contribution in [0.2, 0.25) is 0 Å². The van der Waals surface area contributed by atoms with Gasteiger partial charge in [0.25, 0.3) is 0 Å². The lowest BCUT2D eigenvalue weighted by Gasteiger charge is -2.35. The number of nitrogens with zero attached hydrogens (tertiary/aromatic N) is 1. The fraction of sp³-hybridized carbons (Fsp3) is 0.875. The molecule has 1 heterocycles. The first kappa shape index (κ1) is 7.07. The topological polar surface area (TPSA) is 0 Å². The molecule has 1 fully saturated rings. The molecular weight excluding hydrogens is 110 g/mol. The summed E-state index contributed by atoms with van der Waals surface area (Å²) < 4.78 is 0.737. The smallest absolute Gasteiger partial charge is 0.206 e. The van der Waals surface area contributed by atoms with E-state index in [9.17, 15) is 0 Å². The first-order valence-electron chi connectivity index (χ1n) is 3.73. The van der Waals surface area contributed by atoms with Crippen molar-refractivity contribution in [3.8, 4) is 0 Å². The molecule has 2 unspecified atom stereocenters. The van der Waals surface area contributed by atoms with Gasteiger partial charge < -0.3 is 4.48 Å². The summed E-state index contributed by atoms with van der Waals surface area (Å²) in [6, 6.07) is 0. The molecule has 0 bridgehead atoms. The van der Waals surface area contributed by atoms with Crippen LogP contribution in [-0.2, 0) is 0 Å². The first-order chi connectivity index (χ1) is 4.10. The Hall–Kier alpha value is -0.0400. The van der Waals surface area contributed by atoms with E-state index >= 15 is 0 Å². The lowest BCUT2D eigenvalue weighted by atomic mass is 9.99. The Balaban J connectivity index is 2.41. The monoisotopic (exact) mass is 126 g/mol. The molecule has 0 saturated carbocycles. The van der Waals surface area contributed by atoms with Crippen LogP contribution in [0.1, 0.15) is 19.8 Å². The molecule has 2 atom stereocenters. The molecule has 1 aliphatic heterocycles. The van der Waals surface area contributed by atoms with Crippen molar-refractivity contribution in [1.82, 2.24) is 0 Å². The Morgan fingerprint density at radius 2 is 2.22 bits per heavy atom. The van der Waals surface area contributed by atoms with E-state index < -0.39 is 0 Å². The highest BCUT2D eigenvalue weighted by Crippen LogP contribution is 2.19. The minimum absolute atomic E-state index is 0.737. The predicted octanol–water partition coefficient (Wildman–Crippen LogP) is 1.53. The van der Waals surface area contributed by atoms with Crippen molar-refractivity contribution in [1.29, 1.82) is 0 Å². The van der Waals surface area contributed by atoms with Crippen LogP contribution in [0.4, 0.5) is 0 Å². The fourth-order valence-electron chi connectivity index (χ4n) is 1.70. The van der Waals surface area contributed by atoms with E-state index in [1.807, 2.05) is 0 Å². The van der Waals surface area contributed by atoms with Gasteiger partial charge in [-0.15, -0.1) is 0 Å². The number of hydrogen-bond acceptors (Lipinski definition) is 0. The van der Waals surface area contributed by atoms with Crippen molar-refractivity contribution < 1.29 is 4.48 Å². The Labute approximate surface area is 58.3 Å². The van der Waals surface area contributed by atoms with Gasteiger partial charge in [-0.25, -0.2) is 0 Å². The zero-order valence-corrected chi connectivity index (χ0v) is 6.43. The molecular formula is C8H16N+. The Morgan fingerprint density at radius 1 is 1.56 bits per heavy atom. The molecule has 1 heteroatoms. The van der Waals surface area contributed by atoms with Gasteiger partial charge in [0.1, 0.15) is 0 Å². The number of piperidine rings is 1. The standard InChI is InChI=1S/C8H16N/c1-8-5-4-6-9(2,3)7-8/h2,8H,4-7H2,1,3H3/q+1. The van der Waals surface area contributed by atoms with Crippen molar-refractivity contribution in [3.63, 3.8) is 0 Å². The van der Waals surface area contributed by atoms with Gasteiger partial charge in [-0.1, -0.05) is 6.92 Å². The van der Waals surface area contributed by atoms with E-state index in [0.29, 0.717) is 0 Å². The van der Waals surface area contributed by atoms with E-state index in [-0.39, 0.29) is 0 Å². The molecule has 52 valence electrons. The normalized spacial score (nSPS) is 34.3. The fourth-order valence-corrected chi connectivity index (χ4v) is 1.70. The predicted molar refractivity (Wildman–Crippen MR) is 38.6 cm³/mol. The van der Waals surface area contributed by atoms with E-state index in [1.54, 1.807) is 0 Å². The first-order valence-corrected chi connectivity index (χ1v) is 3.73. The SMILES string of the molecule is [CH][N+]1(C)CCCC(C)C1. The van der Waals surface area contributed by atoms with E-state index in [4.69, 9.17) is 7.05 Å². The molecule has 0 spiro atoms. The maximum absolute atomic E-state index is 5.91. The summed E-state index contributed by atoms with van der Waals surface area (Å²) in [6.45, 7) is 4.59. The van der Waals surface area contributed by atoms with Crippen LogP contribution in [0, 0.1) is 13.0 Å². The Kier molecular flexibility index (Phi) is 1.80. The van der Waals surface area contributed by atoms with Crippen LogP contribution in [-0.4, -0.2) is 24.6 Å². The van der Waals surface area contributed by atoms with Crippen molar-refractivity contribution in [3.05, 3.63) is 7.05 Å². The maximum atomic E-state index is 5.91. The Bertz CT molecular complexity index is 96.7. The van der Waals surface area contributed by atoms with Crippen LogP contribution < -0.4 is 0 Å². The lowest BCUT2D eigenvalue weighted by Crippen LogP contribution is -2.44. The second kappa shape index (κ2) is 2.30. The van der Waals surface area contributed by atoms with Gasteiger partial charge in [-0.2, -0.15) is 0 Å². The molecule has 1 nitrogen and oxygen atoms in total. The van der Waals surface area contributed by atoms with E-state index in [2.05, 4.69) is 14.0 Å². The summed E-state index contributed by atoms with van der Waals surface area (Å²) >= 11 is 0. The molecule has 2 radical (unpaired) electrons. The number of hydrogen-bond donors (Lipinski definition) is 0. The van der Waals surface area contributed by atoms with Gasteiger partial charge in [-0.05, 0) is 12.8 Å². The molecule has 9 heavy (non-hydrogen) atoms. The molecule has 1 rings (SSSR count). The summed E-state index contributed by atoms with van der Waals surface area (Å²) in [5.41, 5.74) is 0.